The predicted octanol–water partition coefficient (Wildman–Crippen LogP) is 3.60. The maximum absolute atomic E-state index is 10.9. The molecular formula is C20H21NO2. The van der Waals surface area contributed by atoms with E-state index in [1.807, 2.05) is 18.2 Å². The standard InChI is InChI=1S/C20H21NO2/c1-20(2,19(22)23)13-6-3-7-14-21-15-17-11-8-10-16-9-4-5-12-18(16)17/h3-5,7-12,21H,14-15H2,1-2H3,(H,22,23)/b7-3+. The van der Waals surface area contributed by atoms with Gasteiger partial charge in [-0.25, -0.2) is 0 Å². The van der Waals surface area contributed by atoms with E-state index < -0.39 is 11.4 Å². The Labute approximate surface area is 137 Å². The molecule has 0 unspecified atom stereocenters. The van der Waals surface area contributed by atoms with Gasteiger partial charge < -0.3 is 10.4 Å². The van der Waals surface area contributed by atoms with Crippen LogP contribution in [0.2, 0.25) is 0 Å². The zero-order valence-corrected chi connectivity index (χ0v) is 13.5. The molecule has 23 heavy (non-hydrogen) atoms. The largest absolute Gasteiger partial charge is 0.480 e. The summed E-state index contributed by atoms with van der Waals surface area (Å²) in [6.45, 7) is 4.65. The van der Waals surface area contributed by atoms with Crippen molar-refractivity contribution < 1.29 is 9.90 Å². The number of allylic oxidation sites excluding steroid dienone is 1. The first-order valence-electron chi connectivity index (χ1n) is 7.59. The monoisotopic (exact) mass is 307 g/mol. The Kier molecular flexibility index (Phi) is 5.56. The third-order valence-corrected chi connectivity index (χ3v) is 3.58. The van der Waals surface area contributed by atoms with Crippen molar-refractivity contribution in [3.8, 4) is 11.8 Å². The van der Waals surface area contributed by atoms with Crippen molar-refractivity contribution in [2.75, 3.05) is 6.54 Å². The number of rotatable bonds is 5. The first-order chi connectivity index (χ1) is 11.0. The van der Waals surface area contributed by atoms with Crippen LogP contribution in [0.15, 0.2) is 54.6 Å². The summed E-state index contributed by atoms with van der Waals surface area (Å²) in [7, 11) is 0. The van der Waals surface area contributed by atoms with Crippen molar-refractivity contribution in [2.24, 2.45) is 5.41 Å². The minimum Gasteiger partial charge on any atom is -0.480 e. The number of carboxylic acid groups (broad SMARTS) is 1. The van der Waals surface area contributed by atoms with Crippen molar-refractivity contribution >= 4 is 16.7 Å². The van der Waals surface area contributed by atoms with Crippen molar-refractivity contribution in [1.82, 2.24) is 5.32 Å². The molecule has 0 spiro atoms. The summed E-state index contributed by atoms with van der Waals surface area (Å²) in [5.74, 6) is 4.60. The van der Waals surface area contributed by atoms with Crippen molar-refractivity contribution in [3.05, 3.63) is 60.2 Å². The molecule has 0 aromatic heterocycles. The Bertz CT molecular complexity index is 774. The second-order valence-corrected chi connectivity index (χ2v) is 5.87. The fraction of sp³-hybridized carbons (Fsp3) is 0.250. The van der Waals surface area contributed by atoms with Gasteiger partial charge in [-0.05, 0) is 36.3 Å². The van der Waals surface area contributed by atoms with E-state index in [0.29, 0.717) is 6.54 Å². The SMILES string of the molecule is CC(C)(C#C/C=C/CNCc1cccc2ccccc12)C(=O)O. The van der Waals surface area contributed by atoms with Crippen molar-refractivity contribution in [2.45, 2.75) is 20.4 Å². The van der Waals surface area contributed by atoms with Gasteiger partial charge in [-0.3, -0.25) is 4.79 Å². The lowest BCUT2D eigenvalue weighted by atomic mass is 9.95. The van der Waals surface area contributed by atoms with Gasteiger partial charge in [-0.2, -0.15) is 0 Å². The van der Waals surface area contributed by atoms with E-state index in [2.05, 4.69) is 47.5 Å². The molecule has 0 heterocycles. The zero-order chi connectivity index (χ0) is 16.7. The van der Waals surface area contributed by atoms with Gasteiger partial charge >= 0.3 is 5.97 Å². The molecule has 0 saturated heterocycles. The van der Waals surface area contributed by atoms with E-state index in [9.17, 15) is 4.79 Å². The Morgan fingerprint density at radius 2 is 1.96 bits per heavy atom. The summed E-state index contributed by atoms with van der Waals surface area (Å²) in [5, 5.41) is 14.8. The Balaban J connectivity index is 1.87. The fourth-order valence-electron chi connectivity index (χ4n) is 2.13. The molecule has 2 N–H and O–H groups in total. The van der Waals surface area contributed by atoms with E-state index >= 15 is 0 Å². The molecule has 0 aliphatic rings. The number of aliphatic carboxylic acids is 1. The van der Waals surface area contributed by atoms with Crippen molar-refractivity contribution in [1.29, 1.82) is 0 Å². The second-order valence-electron chi connectivity index (χ2n) is 5.87. The molecule has 0 radical (unpaired) electrons. The molecule has 0 saturated carbocycles. The number of hydrogen-bond acceptors (Lipinski definition) is 2. The Morgan fingerprint density at radius 3 is 2.74 bits per heavy atom. The summed E-state index contributed by atoms with van der Waals surface area (Å²) in [4.78, 5) is 10.9. The summed E-state index contributed by atoms with van der Waals surface area (Å²) in [6, 6.07) is 14.6. The van der Waals surface area contributed by atoms with E-state index in [0.717, 1.165) is 6.54 Å². The molecule has 0 aliphatic carbocycles. The highest BCUT2D eigenvalue weighted by molar-refractivity contribution is 5.85. The third-order valence-electron chi connectivity index (χ3n) is 3.58. The van der Waals surface area contributed by atoms with Crippen LogP contribution < -0.4 is 5.32 Å². The van der Waals surface area contributed by atoms with Gasteiger partial charge in [0.25, 0.3) is 0 Å². The van der Waals surface area contributed by atoms with Crippen LogP contribution in [0.4, 0.5) is 0 Å². The number of benzene rings is 2. The van der Waals surface area contributed by atoms with Crippen LogP contribution >= 0.6 is 0 Å². The van der Waals surface area contributed by atoms with Gasteiger partial charge in [0.15, 0.2) is 0 Å². The smallest absolute Gasteiger partial charge is 0.321 e. The molecule has 0 fully saturated rings. The molecule has 0 aliphatic heterocycles. The van der Waals surface area contributed by atoms with Gasteiger partial charge in [-0.15, -0.1) is 0 Å². The van der Waals surface area contributed by atoms with Crippen LogP contribution in [0, 0.1) is 17.3 Å². The zero-order valence-electron chi connectivity index (χ0n) is 13.5. The normalized spacial score (nSPS) is 11.4. The predicted molar refractivity (Wildman–Crippen MR) is 94.0 cm³/mol. The number of hydrogen-bond donors (Lipinski definition) is 2. The Hall–Kier alpha value is -2.57. The van der Waals surface area contributed by atoms with Crippen LogP contribution in [0.3, 0.4) is 0 Å². The number of nitrogens with one attached hydrogen (secondary N) is 1. The van der Waals surface area contributed by atoms with Gasteiger partial charge in [0.05, 0.1) is 0 Å². The van der Waals surface area contributed by atoms with Crippen molar-refractivity contribution in [3.63, 3.8) is 0 Å². The quantitative estimate of drug-likeness (QED) is 0.655. The molecule has 2 rings (SSSR count). The number of carboxylic acids is 1. The molecule has 3 heteroatoms. The molecule has 2 aromatic rings. The lowest BCUT2D eigenvalue weighted by Gasteiger charge is -2.08. The first-order valence-corrected chi connectivity index (χ1v) is 7.59. The van der Waals surface area contributed by atoms with Gasteiger partial charge in [0.1, 0.15) is 5.41 Å². The summed E-state index contributed by atoms with van der Waals surface area (Å²) >= 11 is 0. The maximum Gasteiger partial charge on any atom is 0.321 e. The summed E-state index contributed by atoms with van der Waals surface area (Å²) in [6.07, 6.45) is 3.59. The molecule has 2 aromatic carbocycles. The molecule has 0 amide bonds. The average molecular weight is 307 g/mol. The third kappa shape index (κ3) is 4.70. The molecular weight excluding hydrogens is 286 g/mol. The molecule has 0 atom stereocenters. The lowest BCUT2D eigenvalue weighted by Crippen LogP contribution is -2.21. The van der Waals surface area contributed by atoms with Crippen LogP contribution in [0.25, 0.3) is 10.8 Å². The van der Waals surface area contributed by atoms with Gasteiger partial charge in [0.2, 0.25) is 0 Å². The molecule has 0 bridgehead atoms. The Morgan fingerprint density at radius 1 is 1.22 bits per heavy atom. The minimum absolute atomic E-state index is 0.686. The van der Waals surface area contributed by atoms with Crippen LogP contribution in [0.1, 0.15) is 19.4 Å². The van der Waals surface area contributed by atoms with E-state index in [1.54, 1.807) is 19.9 Å². The van der Waals surface area contributed by atoms with Crippen LogP contribution in [0.5, 0.6) is 0 Å². The number of fused-ring (bicyclic) bond motifs is 1. The highest BCUT2D eigenvalue weighted by Gasteiger charge is 2.23. The summed E-state index contributed by atoms with van der Waals surface area (Å²) < 4.78 is 0. The number of carbonyl (C=O) groups is 1. The van der Waals surface area contributed by atoms with Gasteiger partial charge in [-0.1, -0.05) is 60.4 Å². The molecule has 3 nitrogen and oxygen atoms in total. The minimum atomic E-state index is -1.01. The lowest BCUT2D eigenvalue weighted by molar-refractivity contribution is -0.143. The van der Waals surface area contributed by atoms with Crippen LogP contribution in [-0.4, -0.2) is 17.6 Å². The fourth-order valence-corrected chi connectivity index (χ4v) is 2.13. The molecule has 118 valence electrons. The van der Waals surface area contributed by atoms with E-state index in [1.165, 1.54) is 16.3 Å². The average Bonchev–Trinajstić information content (AvgIpc) is 2.54. The second kappa shape index (κ2) is 7.62. The highest BCUT2D eigenvalue weighted by Crippen LogP contribution is 2.18. The first kappa shape index (κ1) is 16.8. The topological polar surface area (TPSA) is 49.3 Å². The van der Waals surface area contributed by atoms with Gasteiger partial charge in [0, 0.05) is 13.1 Å². The summed E-state index contributed by atoms with van der Waals surface area (Å²) in [5.41, 5.74) is 0.246. The maximum atomic E-state index is 10.9. The van der Waals surface area contributed by atoms with Crippen LogP contribution in [-0.2, 0) is 11.3 Å². The highest BCUT2D eigenvalue weighted by atomic mass is 16.4. The van der Waals surface area contributed by atoms with E-state index in [4.69, 9.17) is 5.11 Å². The van der Waals surface area contributed by atoms with E-state index in [-0.39, 0.29) is 0 Å².